The number of carbonyl (C=O) groups excluding carboxylic acids is 1. The Balaban J connectivity index is 1.44. The van der Waals surface area contributed by atoms with Crippen LogP contribution in [0, 0.1) is 11.7 Å². The van der Waals surface area contributed by atoms with Gasteiger partial charge in [0, 0.05) is 11.3 Å². The Morgan fingerprint density at radius 3 is 2.26 bits per heavy atom. The summed E-state index contributed by atoms with van der Waals surface area (Å²) in [5.74, 6) is -1.16. The monoisotopic (exact) mass is 546 g/mol. The molecule has 200 valence electrons. The van der Waals surface area contributed by atoms with Crippen LogP contribution in [-0.2, 0) is 14.9 Å². The first kappa shape index (κ1) is 26.6. The molecule has 0 bridgehead atoms. The summed E-state index contributed by atoms with van der Waals surface area (Å²) in [6, 6.07) is 24.5. The minimum absolute atomic E-state index is 0.0922. The van der Waals surface area contributed by atoms with Gasteiger partial charge in [0.05, 0.1) is 23.0 Å². The lowest BCUT2D eigenvalue weighted by molar-refractivity contribution is -0.131. The van der Waals surface area contributed by atoms with Gasteiger partial charge in [0.2, 0.25) is 5.91 Å². The van der Waals surface area contributed by atoms with Crippen LogP contribution in [0.3, 0.4) is 0 Å². The largest absolute Gasteiger partial charge is 0.744 e. The maximum absolute atomic E-state index is 13.3. The van der Waals surface area contributed by atoms with Crippen LogP contribution in [0.2, 0.25) is 0 Å². The molecule has 4 aromatic rings. The lowest BCUT2D eigenvalue weighted by Crippen LogP contribution is -2.55. The molecule has 1 amide bonds. The number of carbonyl (C=O) groups is 1. The second kappa shape index (κ2) is 10.6. The van der Waals surface area contributed by atoms with E-state index in [4.69, 9.17) is 0 Å². The van der Waals surface area contributed by atoms with Gasteiger partial charge in [0.15, 0.2) is 0 Å². The molecule has 3 atom stereocenters. The van der Waals surface area contributed by atoms with Crippen molar-refractivity contribution in [2.24, 2.45) is 5.92 Å². The van der Waals surface area contributed by atoms with E-state index in [2.05, 4.69) is 0 Å². The van der Waals surface area contributed by atoms with E-state index in [0.717, 1.165) is 0 Å². The molecule has 5 rings (SSSR count). The quantitative estimate of drug-likeness (QED) is 0.228. The van der Waals surface area contributed by atoms with Gasteiger partial charge in [-0.05, 0) is 72.0 Å². The van der Waals surface area contributed by atoms with Crippen LogP contribution < -0.4 is 4.90 Å². The van der Waals surface area contributed by atoms with Crippen LogP contribution in [0.15, 0.2) is 102 Å². The van der Waals surface area contributed by atoms with Gasteiger partial charge in [-0.25, -0.2) is 12.8 Å². The number of hydrogen-bond acceptors (Lipinski definition) is 6. The van der Waals surface area contributed by atoms with Gasteiger partial charge >= 0.3 is 0 Å². The highest BCUT2D eigenvalue weighted by Crippen LogP contribution is 2.49. The first-order valence-corrected chi connectivity index (χ1v) is 13.8. The fourth-order valence-corrected chi connectivity index (χ4v) is 5.57. The summed E-state index contributed by atoms with van der Waals surface area (Å²) in [6.45, 7) is 0. The molecule has 7 nitrogen and oxygen atoms in total. The Morgan fingerprint density at radius 2 is 1.59 bits per heavy atom. The smallest absolute Gasteiger partial charge is 0.233 e. The molecule has 39 heavy (non-hydrogen) atoms. The van der Waals surface area contributed by atoms with Gasteiger partial charge in [-0.3, -0.25) is 4.79 Å². The lowest BCUT2D eigenvalue weighted by Gasteiger charge is -2.48. The van der Waals surface area contributed by atoms with Crippen molar-refractivity contribution < 1.29 is 32.4 Å². The van der Waals surface area contributed by atoms with Crippen LogP contribution >= 0.6 is 0 Å². The fraction of sp³-hybridized carbons (Fsp3) is 0.167. The van der Waals surface area contributed by atoms with Crippen molar-refractivity contribution in [2.45, 2.75) is 29.9 Å². The van der Waals surface area contributed by atoms with Crippen LogP contribution in [0.25, 0.3) is 11.1 Å². The number of phenols is 1. The van der Waals surface area contributed by atoms with E-state index >= 15 is 0 Å². The summed E-state index contributed by atoms with van der Waals surface area (Å²) >= 11 is 0. The Bertz CT molecular complexity index is 1610. The maximum atomic E-state index is 13.3. The molecule has 1 aliphatic heterocycles. The number of rotatable bonds is 8. The second-order valence-corrected chi connectivity index (χ2v) is 10.9. The number of phenolic OH excluding ortho intramolecular Hbond substituents is 1. The number of benzene rings is 4. The predicted octanol–water partition coefficient (Wildman–Crippen LogP) is 5.32. The third kappa shape index (κ3) is 5.42. The van der Waals surface area contributed by atoms with Crippen molar-refractivity contribution in [1.82, 2.24) is 0 Å². The lowest BCUT2D eigenvalue weighted by atomic mass is 9.77. The minimum Gasteiger partial charge on any atom is -0.744 e. The van der Waals surface area contributed by atoms with Crippen molar-refractivity contribution in [2.75, 3.05) is 4.90 Å². The van der Waals surface area contributed by atoms with E-state index in [9.17, 15) is 32.4 Å². The van der Waals surface area contributed by atoms with Crippen LogP contribution in [0.4, 0.5) is 10.1 Å². The number of para-hydroxylation sites is 1. The molecule has 1 saturated heterocycles. The zero-order valence-electron chi connectivity index (χ0n) is 20.6. The Labute approximate surface area is 225 Å². The van der Waals surface area contributed by atoms with Gasteiger partial charge in [0.1, 0.15) is 21.7 Å². The predicted molar refractivity (Wildman–Crippen MR) is 142 cm³/mol. The van der Waals surface area contributed by atoms with E-state index in [0.29, 0.717) is 34.4 Å². The number of β-lactam (4-membered cyclic amide) rings is 1. The molecule has 1 heterocycles. The Morgan fingerprint density at radius 1 is 0.897 bits per heavy atom. The highest BCUT2D eigenvalue weighted by Gasteiger charge is 2.49. The topological polar surface area (TPSA) is 118 Å². The molecule has 0 spiro atoms. The molecular weight excluding hydrogens is 521 g/mol. The summed E-state index contributed by atoms with van der Waals surface area (Å²) < 4.78 is 47.6. The van der Waals surface area contributed by atoms with Gasteiger partial charge in [0.25, 0.3) is 0 Å². The van der Waals surface area contributed by atoms with E-state index in [1.165, 1.54) is 48.5 Å². The summed E-state index contributed by atoms with van der Waals surface area (Å²) in [4.78, 5) is 14.5. The molecule has 0 radical (unpaired) electrons. The van der Waals surface area contributed by atoms with Crippen LogP contribution in [-0.4, -0.2) is 29.1 Å². The molecule has 1 unspecified atom stereocenters. The highest BCUT2D eigenvalue weighted by atomic mass is 32.2. The molecule has 2 N–H and O–H groups in total. The van der Waals surface area contributed by atoms with E-state index < -0.39 is 34.0 Å². The van der Waals surface area contributed by atoms with Crippen molar-refractivity contribution in [3.8, 4) is 16.9 Å². The minimum atomic E-state index is -4.64. The van der Waals surface area contributed by atoms with Crippen molar-refractivity contribution in [1.29, 1.82) is 0 Å². The Hall–Kier alpha value is -4.05. The average Bonchev–Trinajstić information content (AvgIpc) is 2.92. The van der Waals surface area contributed by atoms with Crippen molar-refractivity contribution >= 4 is 21.7 Å². The number of nitrogens with zero attached hydrogens (tertiary/aromatic N) is 1. The molecular formula is C30H25FNO6S-. The summed E-state index contributed by atoms with van der Waals surface area (Å²) in [7, 11) is -4.64. The maximum Gasteiger partial charge on any atom is 0.233 e. The second-order valence-electron chi connectivity index (χ2n) is 9.50. The summed E-state index contributed by atoms with van der Waals surface area (Å²) in [6.07, 6.45) is -0.294. The number of aromatic hydroxyl groups is 1. The zero-order chi connectivity index (χ0) is 27.7. The average molecular weight is 547 g/mol. The van der Waals surface area contributed by atoms with Crippen LogP contribution in [0.5, 0.6) is 5.75 Å². The van der Waals surface area contributed by atoms with Gasteiger partial charge in [-0.1, -0.05) is 54.6 Å². The van der Waals surface area contributed by atoms with E-state index in [1.54, 1.807) is 35.2 Å². The molecule has 4 aromatic carbocycles. The number of aliphatic hydroxyl groups excluding tert-OH is 1. The number of amides is 1. The van der Waals surface area contributed by atoms with E-state index in [-0.39, 0.29) is 23.0 Å². The molecule has 0 aliphatic carbocycles. The third-order valence-corrected chi connectivity index (χ3v) is 7.89. The standard InChI is InChI=1S/C30H26FNO6S/c31-22-12-9-19(10-13-22)27(33)16-15-26-29(32(30(26)35)23-6-2-1-3-7-23)25-14-11-21(18-28(25)34)20-5-4-8-24(17-20)39(36,37)38/h1-14,17-18,26-27,29,33-34H,15-16H2,(H,36,37,38)/p-1/t26-,27?,29-/m1/s1. The normalized spacial score (nSPS) is 18.0. The van der Waals surface area contributed by atoms with Gasteiger partial charge < -0.3 is 19.7 Å². The van der Waals surface area contributed by atoms with Crippen molar-refractivity contribution in [3.63, 3.8) is 0 Å². The Kier molecular flexibility index (Phi) is 7.22. The number of hydrogen-bond donors (Lipinski definition) is 2. The van der Waals surface area contributed by atoms with E-state index in [1.807, 2.05) is 18.2 Å². The first-order valence-electron chi connectivity index (χ1n) is 12.3. The molecule has 1 aliphatic rings. The summed E-state index contributed by atoms with van der Waals surface area (Å²) in [5.41, 5.74) is 2.66. The highest BCUT2D eigenvalue weighted by molar-refractivity contribution is 7.85. The van der Waals surface area contributed by atoms with Gasteiger partial charge in [-0.15, -0.1) is 0 Å². The molecule has 1 fully saturated rings. The molecule has 0 saturated carbocycles. The fourth-order valence-electron chi connectivity index (χ4n) is 5.06. The van der Waals surface area contributed by atoms with Crippen LogP contribution in [0.1, 0.15) is 36.1 Å². The first-order chi connectivity index (χ1) is 18.6. The number of halogens is 1. The molecule has 9 heteroatoms. The number of anilines is 1. The molecule has 0 aromatic heterocycles. The zero-order valence-corrected chi connectivity index (χ0v) is 21.5. The van der Waals surface area contributed by atoms with Crippen molar-refractivity contribution in [3.05, 3.63) is 114 Å². The third-order valence-electron chi connectivity index (χ3n) is 7.06. The number of aliphatic hydroxyl groups is 1. The summed E-state index contributed by atoms with van der Waals surface area (Å²) in [5, 5.41) is 21.7. The SMILES string of the molecule is O=C1[C@H](CCC(O)c2ccc(F)cc2)[C@@H](c2ccc(-c3cccc(S(=O)(=O)[O-])c3)cc2O)N1c1ccccc1. The van der Waals surface area contributed by atoms with Gasteiger partial charge in [-0.2, -0.15) is 0 Å².